The Morgan fingerprint density at radius 2 is 2.00 bits per heavy atom. The maximum absolute atomic E-state index is 11.2. The average molecular weight is 276 g/mol. The summed E-state index contributed by atoms with van der Waals surface area (Å²) in [6, 6.07) is 5.74. The van der Waals surface area contributed by atoms with Crippen LogP contribution in [0.4, 0.5) is 4.79 Å². The van der Waals surface area contributed by atoms with E-state index in [-0.39, 0.29) is 18.2 Å². The molecule has 20 heavy (non-hydrogen) atoms. The van der Waals surface area contributed by atoms with Gasteiger partial charge in [0.15, 0.2) is 11.5 Å². The summed E-state index contributed by atoms with van der Waals surface area (Å²) >= 11 is 0. The lowest BCUT2D eigenvalue weighted by Crippen LogP contribution is -2.21. The highest BCUT2D eigenvalue weighted by atomic mass is 16.5. The van der Waals surface area contributed by atoms with Crippen molar-refractivity contribution >= 4 is 6.03 Å². The van der Waals surface area contributed by atoms with Gasteiger partial charge in [0.2, 0.25) is 0 Å². The highest BCUT2D eigenvalue weighted by Crippen LogP contribution is 2.34. The zero-order valence-corrected chi connectivity index (χ0v) is 11.6. The fourth-order valence-corrected chi connectivity index (χ4v) is 2.84. The number of nitrogens with one attached hydrogen (secondary N) is 2. The van der Waals surface area contributed by atoms with E-state index in [9.17, 15) is 4.79 Å². The van der Waals surface area contributed by atoms with Crippen LogP contribution < -0.4 is 20.1 Å². The van der Waals surface area contributed by atoms with E-state index in [4.69, 9.17) is 9.47 Å². The molecule has 1 saturated heterocycles. The monoisotopic (exact) mass is 276 g/mol. The third-order valence-electron chi connectivity index (χ3n) is 3.96. The van der Waals surface area contributed by atoms with Crippen molar-refractivity contribution in [3.8, 4) is 11.5 Å². The van der Waals surface area contributed by atoms with Crippen LogP contribution in [0.25, 0.3) is 0 Å². The van der Waals surface area contributed by atoms with Crippen LogP contribution >= 0.6 is 0 Å². The number of methoxy groups -OCH3 is 1. The molecular formula is C15H20N2O3. The molecule has 2 N–H and O–H groups in total. The number of benzene rings is 1. The lowest BCUT2D eigenvalue weighted by atomic mass is 10.1. The summed E-state index contributed by atoms with van der Waals surface area (Å²) in [5.74, 6) is 1.52. The van der Waals surface area contributed by atoms with Crippen molar-refractivity contribution < 1.29 is 14.3 Å². The molecule has 5 heteroatoms. The van der Waals surface area contributed by atoms with E-state index in [1.807, 2.05) is 18.2 Å². The Morgan fingerprint density at radius 3 is 2.65 bits per heavy atom. The fourth-order valence-electron chi connectivity index (χ4n) is 2.84. The zero-order chi connectivity index (χ0) is 13.9. The van der Waals surface area contributed by atoms with Gasteiger partial charge in [0.25, 0.3) is 0 Å². The summed E-state index contributed by atoms with van der Waals surface area (Å²) < 4.78 is 11.4. The van der Waals surface area contributed by atoms with Crippen LogP contribution in [-0.4, -0.2) is 25.8 Å². The first kappa shape index (κ1) is 13.1. The molecule has 2 fully saturated rings. The summed E-state index contributed by atoms with van der Waals surface area (Å²) in [6.45, 7) is 0.605. The summed E-state index contributed by atoms with van der Waals surface area (Å²) in [5.41, 5.74) is 1.04. The quantitative estimate of drug-likeness (QED) is 0.887. The maximum atomic E-state index is 11.2. The van der Waals surface area contributed by atoms with Crippen molar-refractivity contribution in [1.29, 1.82) is 0 Å². The Labute approximate surface area is 118 Å². The molecule has 1 heterocycles. The van der Waals surface area contributed by atoms with Crippen LogP contribution in [0.5, 0.6) is 11.5 Å². The van der Waals surface area contributed by atoms with E-state index in [1.54, 1.807) is 7.11 Å². The number of urea groups is 1. The molecule has 0 unspecified atom stereocenters. The summed E-state index contributed by atoms with van der Waals surface area (Å²) in [4.78, 5) is 11.2. The van der Waals surface area contributed by atoms with Crippen molar-refractivity contribution in [3.63, 3.8) is 0 Å². The van der Waals surface area contributed by atoms with E-state index in [1.165, 1.54) is 12.8 Å². The molecule has 1 saturated carbocycles. The standard InChI is InChI=1S/C15H20N2O3/c1-19-13-7-6-10(12-9-16-15(18)17-12)8-14(13)20-11-4-2-3-5-11/h6-8,11-12H,2-5,9H2,1H3,(H2,16,17,18)/t12-/m0/s1. The number of hydrogen-bond acceptors (Lipinski definition) is 3. The number of hydrogen-bond donors (Lipinski definition) is 2. The molecule has 3 rings (SSSR count). The van der Waals surface area contributed by atoms with Crippen LogP contribution in [0.2, 0.25) is 0 Å². The van der Waals surface area contributed by atoms with Crippen LogP contribution in [-0.2, 0) is 0 Å². The lowest BCUT2D eigenvalue weighted by molar-refractivity contribution is 0.200. The van der Waals surface area contributed by atoms with Gasteiger partial charge in [-0.25, -0.2) is 4.79 Å². The predicted molar refractivity (Wildman–Crippen MR) is 75.2 cm³/mol. The van der Waals surface area contributed by atoms with Gasteiger partial charge in [0, 0.05) is 6.54 Å². The summed E-state index contributed by atoms with van der Waals surface area (Å²) in [6.07, 6.45) is 4.96. The minimum atomic E-state index is -0.121. The minimum absolute atomic E-state index is 0.000616. The number of rotatable bonds is 4. The Balaban J connectivity index is 1.80. The second-order valence-corrected chi connectivity index (χ2v) is 5.34. The first-order chi connectivity index (χ1) is 9.76. The molecule has 108 valence electrons. The van der Waals surface area contributed by atoms with Crippen LogP contribution in [0, 0.1) is 0 Å². The van der Waals surface area contributed by atoms with Gasteiger partial charge in [-0.2, -0.15) is 0 Å². The van der Waals surface area contributed by atoms with E-state index in [2.05, 4.69) is 10.6 Å². The normalized spacial score (nSPS) is 22.4. The van der Waals surface area contributed by atoms with Gasteiger partial charge in [0.05, 0.1) is 19.3 Å². The molecule has 2 amide bonds. The second kappa shape index (κ2) is 5.61. The van der Waals surface area contributed by atoms with Crippen LogP contribution in [0.3, 0.4) is 0 Å². The van der Waals surface area contributed by atoms with Crippen molar-refractivity contribution in [2.24, 2.45) is 0 Å². The summed E-state index contributed by atoms with van der Waals surface area (Å²) in [5, 5.41) is 5.65. The molecule has 1 atom stereocenters. The molecular weight excluding hydrogens is 256 g/mol. The molecule has 1 aromatic carbocycles. The first-order valence-electron chi connectivity index (χ1n) is 7.15. The number of amides is 2. The molecule has 0 bridgehead atoms. The van der Waals surface area contributed by atoms with Crippen molar-refractivity contribution in [3.05, 3.63) is 23.8 Å². The van der Waals surface area contributed by atoms with Crippen molar-refractivity contribution in [2.45, 2.75) is 37.8 Å². The molecule has 0 spiro atoms. The highest BCUT2D eigenvalue weighted by molar-refractivity contribution is 5.77. The van der Waals surface area contributed by atoms with Gasteiger partial charge in [0.1, 0.15) is 0 Å². The van der Waals surface area contributed by atoms with Gasteiger partial charge in [-0.05, 0) is 43.4 Å². The first-order valence-corrected chi connectivity index (χ1v) is 7.15. The van der Waals surface area contributed by atoms with Crippen LogP contribution in [0.15, 0.2) is 18.2 Å². The molecule has 1 aromatic rings. The van der Waals surface area contributed by atoms with Gasteiger partial charge in [-0.1, -0.05) is 6.07 Å². The molecule has 5 nitrogen and oxygen atoms in total. The Morgan fingerprint density at radius 1 is 1.20 bits per heavy atom. The third-order valence-corrected chi connectivity index (χ3v) is 3.96. The molecule has 2 aliphatic rings. The topological polar surface area (TPSA) is 59.6 Å². The molecule has 0 aromatic heterocycles. The molecule has 1 aliphatic heterocycles. The van der Waals surface area contributed by atoms with E-state index >= 15 is 0 Å². The van der Waals surface area contributed by atoms with Gasteiger partial charge in [-0.15, -0.1) is 0 Å². The minimum Gasteiger partial charge on any atom is -0.493 e. The Hall–Kier alpha value is -1.91. The Bertz CT molecular complexity index is 498. The molecule has 1 aliphatic carbocycles. The maximum Gasteiger partial charge on any atom is 0.315 e. The van der Waals surface area contributed by atoms with E-state index in [0.717, 1.165) is 29.9 Å². The van der Waals surface area contributed by atoms with Crippen molar-refractivity contribution in [1.82, 2.24) is 10.6 Å². The molecule has 0 radical (unpaired) electrons. The number of carbonyl (C=O) groups excluding carboxylic acids is 1. The average Bonchev–Trinajstić information content (AvgIpc) is 3.10. The smallest absolute Gasteiger partial charge is 0.315 e. The second-order valence-electron chi connectivity index (χ2n) is 5.34. The number of ether oxygens (including phenoxy) is 2. The summed E-state index contributed by atoms with van der Waals surface area (Å²) in [7, 11) is 1.65. The fraction of sp³-hybridized carbons (Fsp3) is 0.533. The lowest BCUT2D eigenvalue weighted by Gasteiger charge is -2.18. The van der Waals surface area contributed by atoms with Gasteiger partial charge >= 0.3 is 6.03 Å². The number of carbonyl (C=O) groups is 1. The highest BCUT2D eigenvalue weighted by Gasteiger charge is 2.24. The SMILES string of the molecule is COc1ccc([C@@H]2CNC(=O)N2)cc1OC1CCCC1. The van der Waals surface area contributed by atoms with Crippen LogP contribution in [0.1, 0.15) is 37.3 Å². The third kappa shape index (κ3) is 2.66. The van der Waals surface area contributed by atoms with E-state index < -0.39 is 0 Å². The largest absolute Gasteiger partial charge is 0.493 e. The van der Waals surface area contributed by atoms with Crippen molar-refractivity contribution in [2.75, 3.05) is 13.7 Å². The van der Waals surface area contributed by atoms with Gasteiger partial charge in [-0.3, -0.25) is 0 Å². The predicted octanol–water partition coefficient (Wildman–Crippen LogP) is 2.37. The van der Waals surface area contributed by atoms with Gasteiger partial charge < -0.3 is 20.1 Å². The zero-order valence-electron chi connectivity index (χ0n) is 11.6. The van der Waals surface area contributed by atoms with E-state index in [0.29, 0.717) is 6.54 Å². The Kier molecular flexibility index (Phi) is 3.67.